The third kappa shape index (κ3) is 5.14. The van der Waals surface area contributed by atoms with Crippen molar-refractivity contribution in [2.75, 3.05) is 6.54 Å². The number of benzene rings is 3. The van der Waals surface area contributed by atoms with Crippen LogP contribution in [0.25, 0.3) is 0 Å². The van der Waals surface area contributed by atoms with E-state index in [4.69, 9.17) is 0 Å². The average Bonchev–Trinajstić information content (AvgIpc) is 2.88. The first-order valence-electron chi connectivity index (χ1n) is 11.3. The molecule has 0 aliphatic heterocycles. The summed E-state index contributed by atoms with van der Waals surface area (Å²) in [5.74, 6) is -9.55. The lowest BCUT2D eigenvalue weighted by molar-refractivity contribution is -0.265. The fourth-order valence-corrected chi connectivity index (χ4v) is 8.29. The van der Waals surface area contributed by atoms with Gasteiger partial charge in [-0.3, -0.25) is 9.59 Å². The van der Waals surface area contributed by atoms with Gasteiger partial charge in [0.05, 0.1) is 5.29 Å². The van der Waals surface area contributed by atoms with Gasteiger partial charge in [0, 0.05) is 6.54 Å². The van der Waals surface area contributed by atoms with Gasteiger partial charge in [-0.2, -0.15) is 22.0 Å². The molecule has 0 fully saturated rings. The van der Waals surface area contributed by atoms with Crippen molar-refractivity contribution in [2.45, 2.75) is 31.9 Å². The van der Waals surface area contributed by atoms with Crippen molar-refractivity contribution >= 4 is 39.8 Å². The maximum absolute atomic E-state index is 14.7. The summed E-state index contributed by atoms with van der Waals surface area (Å²) in [6, 6.07) is 23.8. The quantitative estimate of drug-likeness (QED) is 0.190. The van der Waals surface area contributed by atoms with Crippen molar-refractivity contribution in [1.82, 2.24) is 5.32 Å². The van der Waals surface area contributed by atoms with Crippen LogP contribution in [0.5, 0.6) is 0 Å². The number of rotatable bonds is 9. The van der Waals surface area contributed by atoms with Gasteiger partial charge in [-0.15, -0.1) is 0 Å². The van der Waals surface area contributed by atoms with Crippen LogP contribution < -0.4 is 21.2 Å². The third-order valence-electron chi connectivity index (χ3n) is 5.65. The molecule has 0 atom stereocenters. The van der Waals surface area contributed by atoms with E-state index in [-0.39, 0.29) is 6.54 Å². The molecule has 3 nitrogen and oxygen atoms in total. The number of ketones is 1. The molecule has 0 saturated carbocycles. The van der Waals surface area contributed by atoms with E-state index >= 15 is 0 Å². The van der Waals surface area contributed by atoms with Crippen LogP contribution in [-0.2, 0) is 9.59 Å². The average molecular weight is 521 g/mol. The summed E-state index contributed by atoms with van der Waals surface area (Å²) in [4.78, 5) is 26.9. The summed E-state index contributed by atoms with van der Waals surface area (Å²) in [6.07, 6.45) is -5.09. The van der Waals surface area contributed by atoms with Gasteiger partial charge in [0.15, 0.2) is 0 Å². The fourth-order valence-electron chi connectivity index (χ4n) is 3.94. The monoisotopic (exact) mass is 521 g/mol. The first kappa shape index (κ1) is 27.3. The van der Waals surface area contributed by atoms with Crippen LogP contribution in [0.3, 0.4) is 0 Å². The van der Waals surface area contributed by atoms with E-state index < -0.39 is 36.0 Å². The highest BCUT2D eigenvalue weighted by Gasteiger charge is 2.65. The van der Waals surface area contributed by atoms with Gasteiger partial charge in [0.2, 0.25) is 5.78 Å². The summed E-state index contributed by atoms with van der Waals surface area (Å²) in [5, 5.41) is 2.24. The molecule has 3 aromatic carbocycles. The summed E-state index contributed by atoms with van der Waals surface area (Å²) < 4.78 is 70.0. The lowest BCUT2D eigenvalue weighted by Gasteiger charge is -2.33. The molecule has 190 valence electrons. The molecule has 3 rings (SSSR count). The van der Waals surface area contributed by atoms with Crippen LogP contribution in [-0.4, -0.2) is 35.6 Å². The van der Waals surface area contributed by atoms with Crippen molar-refractivity contribution < 1.29 is 31.5 Å². The van der Waals surface area contributed by atoms with Gasteiger partial charge in [0.1, 0.15) is 0 Å². The highest BCUT2D eigenvalue weighted by Crippen LogP contribution is 2.48. The predicted molar refractivity (Wildman–Crippen MR) is 134 cm³/mol. The minimum absolute atomic E-state index is 0.0159. The van der Waals surface area contributed by atoms with E-state index in [0.29, 0.717) is 28.8 Å². The molecule has 0 radical (unpaired) electrons. The molecule has 0 aliphatic rings. The van der Waals surface area contributed by atoms with E-state index in [0.717, 1.165) is 0 Å². The summed E-state index contributed by atoms with van der Waals surface area (Å²) in [6.45, 7) is -1.97. The molecule has 0 bridgehead atoms. The zero-order chi connectivity index (χ0) is 26.4. The number of hydrogen-bond acceptors (Lipinski definition) is 2. The number of alkyl halides is 5. The number of unbranched alkanes of at least 4 members (excludes halogenated alkanes) is 1. The van der Waals surface area contributed by atoms with Gasteiger partial charge < -0.3 is 5.32 Å². The molecule has 0 spiro atoms. The van der Waals surface area contributed by atoms with Gasteiger partial charge in [0.25, 0.3) is 5.91 Å². The van der Waals surface area contributed by atoms with Crippen LogP contribution in [0.2, 0.25) is 0 Å². The van der Waals surface area contributed by atoms with E-state index in [1.165, 1.54) is 0 Å². The van der Waals surface area contributed by atoms with E-state index in [1.54, 1.807) is 91.0 Å². The Morgan fingerprint density at radius 1 is 0.722 bits per heavy atom. The topological polar surface area (TPSA) is 46.2 Å². The molecule has 0 aliphatic carbocycles. The Kier molecular flexibility index (Phi) is 8.51. The van der Waals surface area contributed by atoms with Crippen molar-refractivity contribution in [3.05, 3.63) is 91.0 Å². The van der Waals surface area contributed by atoms with Crippen molar-refractivity contribution in [3.8, 4) is 0 Å². The molecule has 1 N–H and O–H groups in total. The Morgan fingerprint density at radius 3 is 1.44 bits per heavy atom. The molecule has 0 saturated heterocycles. The van der Waals surface area contributed by atoms with Gasteiger partial charge in [-0.1, -0.05) is 104 Å². The highest BCUT2D eigenvalue weighted by molar-refractivity contribution is 7.97. The SMILES string of the molecule is CCCCNC(=O)C(C(=O)C(F)(F)C(F)(F)F)=P(c1ccccc1)(c1ccccc1)c1ccccc1. The van der Waals surface area contributed by atoms with Crippen LogP contribution in [0.4, 0.5) is 22.0 Å². The van der Waals surface area contributed by atoms with Crippen LogP contribution >= 0.6 is 6.89 Å². The minimum atomic E-state index is -6.18. The van der Waals surface area contributed by atoms with Crippen LogP contribution in [0.1, 0.15) is 19.8 Å². The summed E-state index contributed by atoms with van der Waals surface area (Å²) in [5.41, 5.74) is 0. The van der Waals surface area contributed by atoms with Gasteiger partial charge >= 0.3 is 12.1 Å². The first-order chi connectivity index (χ1) is 17.1. The Bertz CT molecular complexity index is 1140. The molecule has 0 aromatic heterocycles. The summed E-state index contributed by atoms with van der Waals surface area (Å²) >= 11 is 0. The van der Waals surface area contributed by atoms with Crippen molar-refractivity contribution in [1.29, 1.82) is 0 Å². The Labute approximate surface area is 206 Å². The van der Waals surface area contributed by atoms with Gasteiger partial charge in [-0.05, 0) is 29.2 Å². The molecular formula is C27H25F5NO2P. The Balaban J connectivity index is 2.60. The lowest BCUT2D eigenvalue weighted by Crippen LogP contribution is -2.53. The van der Waals surface area contributed by atoms with Gasteiger partial charge in [-0.25, -0.2) is 0 Å². The number of hydrogen-bond donors (Lipinski definition) is 1. The highest BCUT2D eigenvalue weighted by atomic mass is 31.2. The van der Waals surface area contributed by atoms with Crippen molar-refractivity contribution in [2.24, 2.45) is 0 Å². The molecule has 9 heteroatoms. The van der Waals surface area contributed by atoms with Crippen LogP contribution in [0, 0.1) is 0 Å². The maximum Gasteiger partial charge on any atom is 0.461 e. The third-order valence-corrected chi connectivity index (χ3v) is 9.95. The molecule has 3 aromatic rings. The number of nitrogens with one attached hydrogen (secondary N) is 1. The lowest BCUT2D eigenvalue weighted by atomic mass is 10.1. The first-order valence-corrected chi connectivity index (χ1v) is 13.1. The van der Waals surface area contributed by atoms with Crippen molar-refractivity contribution in [3.63, 3.8) is 0 Å². The van der Waals surface area contributed by atoms with E-state index in [9.17, 15) is 31.5 Å². The standard InChI is InChI=1S/C27H25F5NO2P/c1-2-3-19-33-25(35)23(24(34)26(28,29)27(30,31)32)36(20-13-7-4-8-14-20,21-15-9-5-10-16-21)22-17-11-6-12-18-22/h4-18H,2-3,19H2,1H3,(H,33,35). The zero-order valence-electron chi connectivity index (χ0n) is 19.4. The number of carbonyl (C=O) groups excluding carboxylic acids is 2. The zero-order valence-corrected chi connectivity index (χ0v) is 20.3. The van der Waals surface area contributed by atoms with E-state index in [1.807, 2.05) is 6.92 Å². The number of halogens is 5. The second-order valence-corrected chi connectivity index (χ2v) is 11.4. The number of carbonyl (C=O) groups is 2. The minimum Gasteiger partial charge on any atom is -0.352 e. The number of amides is 1. The second kappa shape index (κ2) is 11.2. The number of Topliss-reactive ketones (excluding diaryl/α,β-unsaturated/α-hetero) is 1. The smallest absolute Gasteiger partial charge is 0.352 e. The second-order valence-electron chi connectivity index (χ2n) is 8.04. The Morgan fingerprint density at radius 2 is 1.11 bits per heavy atom. The summed E-state index contributed by atoms with van der Waals surface area (Å²) in [7, 11) is 0. The predicted octanol–water partition coefficient (Wildman–Crippen LogP) is 4.84. The fraction of sp³-hybridized carbons (Fsp3) is 0.222. The molecule has 0 unspecified atom stereocenters. The van der Waals surface area contributed by atoms with E-state index in [2.05, 4.69) is 5.32 Å². The maximum atomic E-state index is 14.7. The largest absolute Gasteiger partial charge is 0.461 e. The molecular weight excluding hydrogens is 496 g/mol. The molecule has 0 heterocycles. The van der Waals surface area contributed by atoms with Crippen LogP contribution in [0.15, 0.2) is 91.0 Å². The molecule has 36 heavy (non-hydrogen) atoms. The molecule has 1 amide bonds. The Hall–Kier alpha value is -3.25. The normalized spacial score (nSPS) is 12.2.